The lowest BCUT2D eigenvalue weighted by Crippen LogP contribution is -2.51. The fourth-order valence-electron chi connectivity index (χ4n) is 4.90. The molecule has 2 saturated carbocycles. The molecule has 0 saturated heterocycles. The molecule has 2 N–H and O–H groups in total. The van der Waals surface area contributed by atoms with Gasteiger partial charge in [0, 0.05) is 18.2 Å². The molecule has 21 heavy (non-hydrogen) atoms. The van der Waals surface area contributed by atoms with Gasteiger partial charge in [-0.3, -0.25) is 0 Å². The van der Waals surface area contributed by atoms with Crippen LogP contribution in [0.3, 0.4) is 0 Å². The second-order valence-electron chi connectivity index (χ2n) is 7.79. The third-order valence-electron chi connectivity index (χ3n) is 6.05. The molecule has 3 rings (SSSR count). The topological polar surface area (TPSA) is 32.3 Å². The van der Waals surface area contributed by atoms with Crippen molar-refractivity contribution in [2.24, 2.45) is 16.7 Å². The first kappa shape index (κ1) is 15.0. The molecule has 2 aliphatic rings. The van der Waals surface area contributed by atoms with Crippen molar-refractivity contribution in [3.63, 3.8) is 0 Å². The van der Waals surface area contributed by atoms with Gasteiger partial charge in [-0.1, -0.05) is 39.0 Å². The van der Waals surface area contributed by atoms with E-state index in [0.717, 1.165) is 5.92 Å². The van der Waals surface area contributed by atoms with Gasteiger partial charge in [0.05, 0.1) is 6.10 Å². The number of rotatable bonds is 4. The fraction of sp³-hybridized carbons (Fsp3) is 0.667. The van der Waals surface area contributed by atoms with Crippen LogP contribution in [0.1, 0.15) is 51.7 Å². The molecule has 2 bridgehead atoms. The Balaban J connectivity index is 1.69. The van der Waals surface area contributed by atoms with Crippen LogP contribution >= 0.6 is 0 Å². The summed E-state index contributed by atoms with van der Waals surface area (Å²) < 4.78 is 13.7. The van der Waals surface area contributed by atoms with Gasteiger partial charge in [0.2, 0.25) is 0 Å². The SMILES string of the molecule is CC12CCC(C1)C(C)(C)C2NCC(O)c1ccccc1F. The predicted octanol–water partition coefficient (Wildman–Crippen LogP) is 3.66. The number of halogens is 1. The molecule has 0 radical (unpaired) electrons. The van der Waals surface area contributed by atoms with Crippen molar-refractivity contribution in [2.45, 2.75) is 52.2 Å². The van der Waals surface area contributed by atoms with Gasteiger partial charge >= 0.3 is 0 Å². The van der Waals surface area contributed by atoms with E-state index in [-0.39, 0.29) is 11.2 Å². The van der Waals surface area contributed by atoms with Gasteiger partial charge in [-0.25, -0.2) is 4.39 Å². The van der Waals surface area contributed by atoms with E-state index < -0.39 is 6.10 Å². The van der Waals surface area contributed by atoms with E-state index in [1.54, 1.807) is 18.2 Å². The van der Waals surface area contributed by atoms with E-state index >= 15 is 0 Å². The van der Waals surface area contributed by atoms with Crippen LogP contribution in [0.2, 0.25) is 0 Å². The Hall–Kier alpha value is -0.930. The summed E-state index contributed by atoms with van der Waals surface area (Å²) >= 11 is 0. The first-order valence-electron chi connectivity index (χ1n) is 8.00. The standard InChI is InChI=1S/C18H26FNO/c1-17(2)12-8-9-18(3,10-12)16(17)20-11-15(21)13-6-4-5-7-14(13)19/h4-7,12,15-16,20-21H,8-11H2,1-3H3. The number of benzene rings is 1. The summed E-state index contributed by atoms with van der Waals surface area (Å²) in [4.78, 5) is 0. The summed E-state index contributed by atoms with van der Waals surface area (Å²) in [6, 6.07) is 6.88. The molecule has 0 amide bonds. The first-order valence-corrected chi connectivity index (χ1v) is 8.00. The van der Waals surface area contributed by atoms with Gasteiger partial charge in [0.15, 0.2) is 0 Å². The molecule has 4 atom stereocenters. The number of hydrogen-bond acceptors (Lipinski definition) is 2. The number of fused-ring (bicyclic) bond motifs is 2. The molecule has 2 nitrogen and oxygen atoms in total. The molecule has 0 aliphatic heterocycles. The molecular weight excluding hydrogens is 265 g/mol. The fourth-order valence-corrected chi connectivity index (χ4v) is 4.90. The van der Waals surface area contributed by atoms with Crippen molar-refractivity contribution in [3.8, 4) is 0 Å². The summed E-state index contributed by atoms with van der Waals surface area (Å²) in [5.41, 5.74) is 0.960. The van der Waals surface area contributed by atoms with E-state index in [1.165, 1.54) is 25.3 Å². The van der Waals surface area contributed by atoms with E-state index in [9.17, 15) is 9.50 Å². The summed E-state index contributed by atoms with van der Waals surface area (Å²) in [6.07, 6.45) is 3.06. The van der Waals surface area contributed by atoms with Crippen LogP contribution in [0.4, 0.5) is 4.39 Å². The van der Waals surface area contributed by atoms with Gasteiger partial charge in [-0.15, -0.1) is 0 Å². The van der Waals surface area contributed by atoms with Crippen LogP contribution in [0.15, 0.2) is 24.3 Å². The Morgan fingerprint density at radius 2 is 2.05 bits per heavy atom. The Labute approximate surface area is 126 Å². The van der Waals surface area contributed by atoms with Gasteiger partial charge in [-0.05, 0) is 42.1 Å². The lowest BCUT2D eigenvalue weighted by molar-refractivity contribution is 0.0870. The third-order valence-corrected chi connectivity index (χ3v) is 6.05. The normalized spacial score (nSPS) is 35.1. The van der Waals surface area contributed by atoms with Crippen LogP contribution in [-0.4, -0.2) is 17.7 Å². The molecule has 4 unspecified atom stereocenters. The lowest BCUT2D eigenvalue weighted by Gasteiger charge is -2.43. The molecule has 0 spiro atoms. The minimum Gasteiger partial charge on any atom is -0.387 e. The smallest absolute Gasteiger partial charge is 0.129 e. The van der Waals surface area contributed by atoms with Crippen molar-refractivity contribution in [2.75, 3.05) is 6.54 Å². The van der Waals surface area contributed by atoms with Crippen LogP contribution in [0.5, 0.6) is 0 Å². The molecule has 1 aromatic rings. The van der Waals surface area contributed by atoms with Crippen LogP contribution in [0.25, 0.3) is 0 Å². The maximum atomic E-state index is 13.7. The molecule has 0 heterocycles. The average Bonchev–Trinajstić information content (AvgIpc) is 2.89. The van der Waals surface area contributed by atoms with Crippen molar-refractivity contribution < 1.29 is 9.50 Å². The largest absolute Gasteiger partial charge is 0.387 e. The Kier molecular flexibility index (Phi) is 3.61. The minimum absolute atomic E-state index is 0.252. The highest BCUT2D eigenvalue weighted by atomic mass is 19.1. The quantitative estimate of drug-likeness (QED) is 0.887. The average molecular weight is 291 g/mol. The molecule has 0 aromatic heterocycles. The van der Waals surface area contributed by atoms with Crippen LogP contribution in [0, 0.1) is 22.6 Å². The van der Waals surface area contributed by atoms with Crippen molar-refractivity contribution in [1.29, 1.82) is 0 Å². The van der Waals surface area contributed by atoms with Gasteiger partial charge < -0.3 is 10.4 Å². The van der Waals surface area contributed by atoms with Crippen LogP contribution in [-0.2, 0) is 0 Å². The highest BCUT2D eigenvalue weighted by Crippen LogP contribution is 2.62. The summed E-state index contributed by atoms with van der Waals surface area (Å²) in [7, 11) is 0. The van der Waals surface area contributed by atoms with E-state index in [0.29, 0.717) is 23.6 Å². The number of nitrogens with one attached hydrogen (secondary N) is 1. The minimum atomic E-state index is -0.787. The predicted molar refractivity (Wildman–Crippen MR) is 82.4 cm³/mol. The molecule has 116 valence electrons. The first-order chi connectivity index (χ1) is 9.84. The van der Waals surface area contributed by atoms with E-state index in [2.05, 4.69) is 26.1 Å². The summed E-state index contributed by atoms with van der Waals surface area (Å²) in [6.45, 7) is 7.43. The maximum Gasteiger partial charge on any atom is 0.129 e. The van der Waals surface area contributed by atoms with Gasteiger partial charge in [-0.2, -0.15) is 0 Å². The molecule has 2 fully saturated rings. The van der Waals surface area contributed by atoms with Crippen molar-refractivity contribution in [3.05, 3.63) is 35.6 Å². The number of aliphatic hydroxyl groups is 1. The second kappa shape index (κ2) is 5.06. The second-order valence-corrected chi connectivity index (χ2v) is 7.79. The number of hydrogen-bond donors (Lipinski definition) is 2. The van der Waals surface area contributed by atoms with Gasteiger partial charge in [0.25, 0.3) is 0 Å². The van der Waals surface area contributed by atoms with E-state index in [4.69, 9.17) is 0 Å². The van der Waals surface area contributed by atoms with Crippen LogP contribution < -0.4 is 5.32 Å². The zero-order valence-corrected chi connectivity index (χ0v) is 13.2. The maximum absolute atomic E-state index is 13.7. The Morgan fingerprint density at radius 3 is 2.67 bits per heavy atom. The zero-order chi connectivity index (χ0) is 15.3. The van der Waals surface area contributed by atoms with Crippen molar-refractivity contribution in [1.82, 2.24) is 5.32 Å². The third kappa shape index (κ3) is 2.40. The van der Waals surface area contributed by atoms with Crippen molar-refractivity contribution >= 4 is 0 Å². The van der Waals surface area contributed by atoms with E-state index in [1.807, 2.05) is 0 Å². The monoisotopic (exact) mass is 291 g/mol. The number of aliphatic hydroxyl groups excluding tert-OH is 1. The Morgan fingerprint density at radius 1 is 1.33 bits per heavy atom. The highest BCUT2D eigenvalue weighted by molar-refractivity contribution is 5.20. The Bertz CT molecular complexity index is 525. The summed E-state index contributed by atoms with van der Waals surface area (Å²) in [5.74, 6) is 0.441. The summed E-state index contributed by atoms with van der Waals surface area (Å²) in [5, 5.41) is 13.8. The molecule has 1 aromatic carbocycles. The lowest BCUT2D eigenvalue weighted by atomic mass is 9.68. The molecule has 2 aliphatic carbocycles. The zero-order valence-electron chi connectivity index (χ0n) is 13.2. The highest BCUT2D eigenvalue weighted by Gasteiger charge is 2.58. The molecule has 3 heteroatoms. The molecular formula is C18H26FNO. The van der Waals surface area contributed by atoms with Gasteiger partial charge in [0.1, 0.15) is 5.82 Å².